The normalized spacial score (nSPS) is 19.5. The molecule has 3 heterocycles. The highest BCUT2D eigenvalue weighted by atomic mass is 32.2. The monoisotopic (exact) mass is 321 g/mol. The number of hydrogen-bond acceptors (Lipinski definition) is 5. The lowest BCUT2D eigenvalue weighted by atomic mass is 10.0. The van der Waals surface area contributed by atoms with Gasteiger partial charge in [-0.15, -0.1) is 0 Å². The third kappa shape index (κ3) is 2.71. The number of anilines is 1. The molecule has 1 aliphatic rings. The van der Waals surface area contributed by atoms with Crippen molar-refractivity contribution in [2.45, 2.75) is 24.2 Å². The molecular weight excluding hydrogens is 302 g/mol. The zero-order valence-corrected chi connectivity index (χ0v) is 13.4. The molecule has 1 aliphatic heterocycles. The van der Waals surface area contributed by atoms with Crippen LogP contribution in [-0.2, 0) is 10.0 Å². The summed E-state index contributed by atoms with van der Waals surface area (Å²) in [5.74, 6) is 0.119. The van der Waals surface area contributed by atoms with Crippen LogP contribution >= 0.6 is 0 Å². The molecule has 2 aromatic rings. The molecule has 0 amide bonds. The number of nitrogens with zero attached hydrogens (tertiary/aromatic N) is 3. The molecule has 22 heavy (non-hydrogen) atoms. The third-order valence-electron chi connectivity index (χ3n) is 3.94. The van der Waals surface area contributed by atoms with E-state index in [9.17, 15) is 8.42 Å². The number of nitrogens with one attached hydrogen (secondary N) is 2. The number of hydrogen-bond donors (Lipinski definition) is 2. The largest absolute Gasteiger partial charge is 0.388 e. The van der Waals surface area contributed by atoms with Gasteiger partial charge < -0.3 is 5.32 Å². The van der Waals surface area contributed by atoms with Gasteiger partial charge in [-0.1, -0.05) is 0 Å². The van der Waals surface area contributed by atoms with Crippen LogP contribution in [0.4, 0.5) is 5.69 Å². The summed E-state index contributed by atoms with van der Waals surface area (Å²) in [5.41, 5.74) is 2.87. The Balaban J connectivity index is 1.82. The molecule has 0 bridgehead atoms. The fraction of sp³-hybridized carbons (Fsp3) is 0.429. The third-order valence-corrected chi connectivity index (χ3v) is 5.77. The average Bonchev–Trinajstić information content (AvgIpc) is 3.18. The maximum Gasteiger partial charge on any atom is 0.246 e. The average molecular weight is 321 g/mol. The second-order valence-electron chi connectivity index (χ2n) is 5.45. The van der Waals surface area contributed by atoms with Crippen molar-refractivity contribution >= 4 is 15.7 Å². The number of sulfonamides is 1. The maximum atomic E-state index is 12.5. The molecule has 7 nitrogen and oxygen atoms in total. The van der Waals surface area contributed by atoms with E-state index >= 15 is 0 Å². The first-order valence-electron chi connectivity index (χ1n) is 7.16. The summed E-state index contributed by atoms with van der Waals surface area (Å²) in [4.78, 5) is 4.77. The van der Waals surface area contributed by atoms with Crippen molar-refractivity contribution in [1.29, 1.82) is 0 Å². The van der Waals surface area contributed by atoms with Crippen LogP contribution in [0.25, 0.3) is 0 Å². The van der Waals surface area contributed by atoms with Crippen LogP contribution in [0.5, 0.6) is 0 Å². The number of aromatic nitrogens is 3. The molecule has 1 fully saturated rings. The van der Waals surface area contributed by atoms with Gasteiger partial charge >= 0.3 is 0 Å². The van der Waals surface area contributed by atoms with Crippen molar-refractivity contribution in [3.8, 4) is 0 Å². The molecule has 0 aromatic carbocycles. The fourth-order valence-corrected chi connectivity index (χ4v) is 4.17. The molecule has 0 saturated carbocycles. The quantitative estimate of drug-likeness (QED) is 0.886. The molecule has 2 N–H and O–H groups in total. The van der Waals surface area contributed by atoms with Gasteiger partial charge in [0.25, 0.3) is 0 Å². The van der Waals surface area contributed by atoms with Gasteiger partial charge in [-0.3, -0.25) is 10.1 Å². The number of H-pyrrole nitrogens is 1. The minimum atomic E-state index is -3.47. The van der Waals surface area contributed by atoms with Crippen LogP contribution in [0.15, 0.2) is 29.4 Å². The Morgan fingerprint density at radius 3 is 2.91 bits per heavy atom. The van der Waals surface area contributed by atoms with Crippen molar-refractivity contribution in [3.63, 3.8) is 0 Å². The van der Waals surface area contributed by atoms with E-state index in [1.165, 1.54) is 16.7 Å². The molecular formula is C14H19N5O2S. The zero-order valence-electron chi connectivity index (χ0n) is 12.6. The van der Waals surface area contributed by atoms with Gasteiger partial charge in [-0.2, -0.15) is 9.40 Å². The maximum absolute atomic E-state index is 12.5. The fourth-order valence-electron chi connectivity index (χ4n) is 2.76. The summed E-state index contributed by atoms with van der Waals surface area (Å²) in [5, 5.41) is 9.38. The SMILES string of the molecule is CNc1cc(C)nc([C@@H]2CCN(S(=O)(=O)c3cn[nH]c3)C2)c1. The van der Waals surface area contributed by atoms with Crippen LogP contribution in [0.1, 0.15) is 23.7 Å². The van der Waals surface area contributed by atoms with Crippen molar-refractivity contribution in [2.24, 2.45) is 0 Å². The molecule has 1 saturated heterocycles. The Labute approximate surface area is 129 Å². The van der Waals surface area contributed by atoms with Crippen LogP contribution in [0, 0.1) is 6.92 Å². The van der Waals surface area contributed by atoms with Crippen LogP contribution < -0.4 is 5.32 Å². The molecule has 8 heteroatoms. The number of aromatic amines is 1. The Morgan fingerprint density at radius 1 is 1.41 bits per heavy atom. The molecule has 3 rings (SSSR count). The minimum Gasteiger partial charge on any atom is -0.388 e. The molecule has 0 unspecified atom stereocenters. The van der Waals surface area contributed by atoms with E-state index < -0.39 is 10.0 Å². The van der Waals surface area contributed by atoms with E-state index in [2.05, 4.69) is 20.5 Å². The first-order valence-corrected chi connectivity index (χ1v) is 8.60. The predicted octanol–water partition coefficient (Wildman–Crippen LogP) is 1.33. The van der Waals surface area contributed by atoms with Crippen LogP contribution in [-0.4, -0.2) is 48.0 Å². The van der Waals surface area contributed by atoms with Crippen molar-refractivity contribution < 1.29 is 8.42 Å². The summed E-state index contributed by atoms with van der Waals surface area (Å²) in [7, 11) is -1.60. The molecule has 0 aliphatic carbocycles. The van der Waals surface area contributed by atoms with Crippen molar-refractivity contribution in [3.05, 3.63) is 35.9 Å². The molecule has 0 radical (unpaired) electrons. The summed E-state index contributed by atoms with van der Waals surface area (Å²) in [6.45, 7) is 2.90. The second-order valence-corrected chi connectivity index (χ2v) is 7.39. The minimum absolute atomic E-state index is 0.119. The molecule has 2 aromatic heterocycles. The lowest BCUT2D eigenvalue weighted by Crippen LogP contribution is -2.28. The van der Waals surface area contributed by atoms with E-state index in [0.29, 0.717) is 13.1 Å². The zero-order chi connectivity index (χ0) is 15.7. The summed E-state index contributed by atoms with van der Waals surface area (Å²) < 4.78 is 26.5. The predicted molar refractivity (Wildman–Crippen MR) is 83.2 cm³/mol. The second kappa shape index (κ2) is 5.69. The Hall–Kier alpha value is -1.93. The number of aryl methyl sites for hydroxylation is 1. The van der Waals surface area contributed by atoms with E-state index in [-0.39, 0.29) is 10.8 Å². The number of rotatable bonds is 4. The Kier molecular flexibility index (Phi) is 3.88. The van der Waals surface area contributed by atoms with Gasteiger partial charge in [0.2, 0.25) is 10.0 Å². The first-order chi connectivity index (χ1) is 10.5. The summed E-state index contributed by atoms with van der Waals surface area (Å²) in [6, 6.07) is 3.96. The first kappa shape index (κ1) is 15.0. The van der Waals surface area contributed by atoms with Crippen LogP contribution in [0.3, 0.4) is 0 Å². The van der Waals surface area contributed by atoms with E-state index in [1.807, 2.05) is 26.1 Å². The molecule has 118 valence electrons. The standard InChI is InChI=1S/C14H19N5O2S/c1-10-5-12(15-2)6-14(18-10)11-3-4-19(9-11)22(20,21)13-7-16-17-8-13/h5-8,11H,3-4,9H2,1-2H3,(H,15,18)(H,16,17)/t11-/m1/s1. The van der Waals surface area contributed by atoms with Gasteiger partial charge in [0.05, 0.1) is 6.20 Å². The van der Waals surface area contributed by atoms with Gasteiger partial charge in [0.1, 0.15) is 4.90 Å². The molecule has 0 spiro atoms. The van der Waals surface area contributed by atoms with E-state index in [0.717, 1.165) is 23.5 Å². The van der Waals surface area contributed by atoms with Crippen molar-refractivity contribution in [2.75, 3.05) is 25.5 Å². The summed E-state index contributed by atoms with van der Waals surface area (Å²) in [6.07, 6.45) is 3.52. The van der Waals surface area contributed by atoms with E-state index in [1.54, 1.807) is 0 Å². The van der Waals surface area contributed by atoms with E-state index in [4.69, 9.17) is 0 Å². The van der Waals surface area contributed by atoms with Gasteiger partial charge in [-0.25, -0.2) is 8.42 Å². The smallest absolute Gasteiger partial charge is 0.246 e. The highest BCUT2D eigenvalue weighted by Crippen LogP contribution is 2.31. The van der Waals surface area contributed by atoms with Crippen LogP contribution in [0.2, 0.25) is 0 Å². The summed E-state index contributed by atoms with van der Waals surface area (Å²) >= 11 is 0. The Bertz CT molecular complexity index is 758. The van der Waals surface area contributed by atoms with Gasteiger partial charge in [-0.05, 0) is 25.5 Å². The van der Waals surface area contributed by atoms with Gasteiger partial charge in [0.15, 0.2) is 0 Å². The lowest BCUT2D eigenvalue weighted by molar-refractivity contribution is 0.472. The molecule has 1 atom stereocenters. The Morgan fingerprint density at radius 2 is 2.23 bits per heavy atom. The lowest BCUT2D eigenvalue weighted by Gasteiger charge is -2.16. The van der Waals surface area contributed by atoms with Gasteiger partial charge in [0, 0.05) is 49.3 Å². The van der Waals surface area contributed by atoms with Crippen molar-refractivity contribution in [1.82, 2.24) is 19.5 Å². The topological polar surface area (TPSA) is 91.0 Å². The number of pyridine rings is 1. The highest BCUT2D eigenvalue weighted by molar-refractivity contribution is 7.89. The highest BCUT2D eigenvalue weighted by Gasteiger charge is 2.34.